The number of hydrogen-bond acceptors (Lipinski definition) is 16. The van der Waals surface area contributed by atoms with E-state index in [-0.39, 0.29) is 0 Å². The number of rotatable bonds is 7. The molecule has 0 aliphatic carbocycles. The smallest absolute Gasteiger partial charge is 0.176 e. The second kappa shape index (κ2) is 11.6. The van der Waals surface area contributed by atoms with Gasteiger partial charge < -0.3 is 81.7 Å². The van der Waals surface area contributed by atoms with Crippen LogP contribution in [0.4, 0.5) is 0 Å². The van der Waals surface area contributed by atoms with Gasteiger partial charge in [-0.1, -0.05) is 0 Å². The highest BCUT2D eigenvalue weighted by Crippen LogP contribution is 2.30. The quantitative estimate of drug-likeness (QED) is 0.154. The van der Waals surface area contributed by atoms with Crippen molar-refractivity contribution < 1.29 is 64.5 Å². The molecule has 0 radical (unpaired) electrons. The molecule has 16 heteroatoms. The Kier molecular flexibility index (Phi) is 9.54. The van der Waals surface area contributed by atoms with Crippen molar-refractivity contribution in [1.29, 1.82) is 0 Å². The zero-order chi connectivity index (χ0) is 25.3. The first-order valence-corrected chi connectivity index (χ1v) is 10.8. The normalized spacial score (nSPS) is 52.5. The van der Waals surface area contributed by atoms with Crippen LogP contribution in [0.15, 0.2) is 0 Å². The van der Waals surface area contributed by atoms with Crippen LogP contribution in [0.25, 0.3) is 0 Å². The van der Waals surface area contributed by atoms with Crippen molar-refractivity contribution in [2.75, 3.05) is 19.8 Å². The lowest BCUT2D eigenvalue weighted by Crippen LogP contribution is -2.69. The molecule has 3 aliphatic rings. The van der Waals surface area contributed by atoms with Crippen LogP contribution in [0.5, 0.6) is 0 Å². The van der Waals surface area contributed by atoms with Crippen LogP contribution in [0.3, 0.4) is 0 Å². The number of hydrogen-bond donors (Lipinski definition) is 11. The summed E-state index contributed by atoms with van der Waals surface area (Å²) in [6.07, 6.45) is -16.8. The van der Waals surface area contributed by atoms with E-state index >= 15 is 0 Å². The average Bonchev–Trinajstić information content (AvgIpc) is 2.83. The highest BCUT2D eigenvalue weighted by Gasteiger charge is 2.52. The molecule has 16 nitrogen and oxygen atoms in total. The number of nitrogens with two attached hydrogens (primary N) is 3. The zero-order valence-corrected chi connectivity index (χ0v) is 18.1. The molecule has 0 aromatic rings. The van der Waals surface area contributed by atoms with Gasteiger partial charge in [0.1, 0.15) is 54.9 Å². The van der Waals surface area contributed by atoms with Gasteiger partial charge in [-0.25, -0.2) is 0 Å². The summed E-state index contributed by atoms with van der Waals surface area (Å²) < 4.78 is 27.4. The monoisotopic (exact) mass is 501 g/mol. The topological polar surface area (TPSA) is 286 Å². The fourth-order valence-electron chi connectivity index (χ4n) is 4.18. The molecule has 0 saturated carbocycles. The van der Waals surface area contributed by atoms with E-state index in [1.807, 2.05) is 0 Å². The second-order valence-electron chi connectivity index (χ2n) is 8.59. The second-order valence-corrected chi connectivity index (χ2v) is 8.59. The van der Waals surface area contributed by atoms with E-state index < -0.39 is 112 Å². The molecule has 0 spiro atoms. The van der Waals surface area contributed by atoms with Crippen molar-refractivity contribution in [2.45, 2.75) is 91.9 Å². The van der Waals surface area contributed by atoms with Gasteiger partial charge in [-0.3, -0.25) is 0 Å². The summed E-state index contributed by atoms with van der Waals surface area (Å²) in [5, 5.41) is 79.6. The fourth-order valence-corrected chi connectivity index (χ4v) is 4.18. The summed E-state index contributed by atoms with van der Waals surface area (Å²) in [6, 6.07) is -3.87. The minimum absolute atomic E-state index is 0.651. The first kappa shape index (κ1) is 27.9. The van der Waals surface area contributed by atoms with Crippen LogP contribution in [0.1, 0.15) is 0 Å². The molecule has 0 aromatic carbocycles. The predicted molar refractivity (Wildman–Crippen MR) is 107 cm³/mol. The predicted octanol–water partition coefficient (Wildman–Crippen LogP) is -7.67. The Hall–Kier alpha value is -0.640. The molecular formula is C18H35N3O13. The molecule has 3 heterocycles. The Morgan fingerprint density at radius 3 is 1.44 bits per heavy atom. The van der Waals surface area contributed by atoms with Crippen LogP contribution in [0, 0.1) is 0 Å². The van der Waals surface area contributed by atoms with Gasteiger partial charge in [-0.2, -0.15) is 0 Å². The van der Waals surface area contributed by atoms with Crippen molar-refractivity contribution in [1.82, 2.24) is 0 Å². The first-order valence-electron chi connectivity index (χ1n) is 10.8. The lowest BCUT2D eigenvalue weighted by Gasteiger charge is -2.48. The molecule has 15 atom stereocenters. The van der Waals surface area contributed by atoms with Gasteiger partial charge in [-0.15, -0.1) is 0 Å². The molecule has 14 N–H and O–H groups in total. The Morgan fingerprint density at radius 2 is 0.941 bits per heavy atom. The summed E-state index contributed by atoms with van der Waals surface area (Å²) in [4.78, 5) is 0. The molecule has 3 rings (SSSR count). The van der Waals surface area contributed by atoms with Gasteiger partial charge in [0, 0.05) is 0 Å². The maximum absolute atomic E-state index is 10.8. The number of ether oxygens (including phenoxy) is 5. The van der Waals surface area contributed by atoms with Gasteiger partial charge in [0.2, 0.25) is 0 Å². The molecule has 0 bridgehead atoms. The minimum atomic E-state index is -1.56. The summed E-state index contributed by atoms with van der Waals surface area (Å²) in [6.45, 7) is -2.00. The van der Waals surface area contributed by atoms with Crippen molar-refractivity contribution in [3.8, 4) is 0 Å². The van der Waals surface area contributed by atoms with E-state index in [1.165, 1.54) is 0 Å². The SMILES string of the molecule is N[C@@H]1[C@@H](O[C@@H]2[C@@H](O)[C@H](N)[C@@H](O[C@@H]3[C@@H](O)[C@H](N)C(O)O[C@H]3CO)O[C@H]2CO)O[C@@H](CO)[C@H](O)[C@H]1O. The van der Waals surface area contributed by atoms with Crippen molar-refractivity contribution in [2.24, 2.45) is 17.2 Å². The Bertz CT molecular complexity index is 646. The molecule has 34 heavy (non-hydrogen) atoms. The van der Waals surface area contributed by atoms with Crippen LogP contribution in [0.2, 0.25) is 0 Å². The van der Waals surface area contributed by atoms with Gasteiger partial charge in [0.25, 0.3) is 0 Å². The third-order valence-corrected chi connectivity index (χ3v) is 6.33. The van der Waals surface area contributed by atoms with Crippen LogP contribution < -0.4 is 17.2 Å². The summed E-state index contributed by atoms with van der Waals surface area (Å²) in [5.41, 5.74) is 17.6. The Balaban J connectivity index is 1.72. The van der Waals surface area contributed by atoms with E-state index in [4.69, 9.17) is 40.9 Å². The van der Waals surface area contributed by atoms with E-state index in [0.717, 1.165) is 0 Å². The van der Waals surface area contributed by atoms with E-state index in [2.05, 4.69) is 0 Å². The molecule has 3 aliphatic heterocycles. The van der Waals surface area contributed by atoms with Crippen molar-refractivity contribution in [3.05, 3.63) is 0 Å². The van der Waals surface area contributed by atoms with Gasteiger partial charge in [0.15, 0.2) is 18.9 Å². The standard InChI is InChI=1S/C18H35N3O13/c19-7-12(27)14(5(2-23)30-16(7)29)33-18-9(21)13(28)15(6(3-24)32-18)34-17-8(20)11(26)10(25)4(1-22)31-17/h4-18,22-29H,1-3,19-21H2/t4-,5-,6-,7-,8-,9-,10-,11-,12-,13-,14-,15-,16?,17+,18+/m0/s1. The summed E-state index contributed by atoms with van der Waals surface area (Å²) >= 11 is 0. The third-order valence-electron chi connectivity index (χ3n) is 6.33. The molecule has 3 saturated heterocycles. The number of aliphatic hydroxyl groups excluding tert-OH is 8. The maximum Gasteiger partial charge on any atom is 0.176 e. The van der Waals surface area contributed by atoms with Crippen LogP contribution in [-0.2, 0) is 23.7 Å². The molecule has 0 aromatic heterocycles. The molecule has 0 amide bonds. The van der Waals surface area contributed by atoms with Crippen LogP contribution >= 0.6 is 0 Å². The summed E-state index contributed by atoms with van der Waals surface area (Å²) in [7, 11) is 0. The Labute approximate surface area is 194 Å². The highest BCUT2D eigenvalue weighted by molar-refractivity contribution is 4.98. The van der Waals surface area contributed by atoms with Gasteiger partial charge in [-0.05, 0) is 0 Å². The minimum Gasteiger partial charge on any atom is -0.394 e. The van der Waals surface area contributed by atoms with Crippen molar-refractivity contribution >= 4 is 0 Å². The fraction of sp³-hybridized carbons (Fsp3) is 1.00. The van der Waals surface area contributed by atoms with Crippen LogP contribution in [-0.4, -0.2) is 153 Å². The maximum atomic E-state index is 10.8. The van der Waals surface area contributed by atoms with Gasteiger partial charge in [0.05, 0.1) is 37.9 Å². The van der Waals surface area contributed by atoms with E-state index in [1.54, 1.807) is 0 Å². The van der Waals surface area contributed by atoms with Crippen molar-refractivity contribution in [3.63, 3.8) is 0 Å². The highest BCUT2D eigenvalue weighted by atomic mass is 16.7. The molecule has 3 fully saturated rings. The first-order chi connectivity index (χ1) is 16.0. The van der Waals surface area contributed by atoms with E-state index in [0.29, 0.717) is 0 Å². The average molecular weight is 501 g/mol. The van der Waals surface area contributed by atoms with Gasteiger partial charge >= 0.3 is 0 Å². The molecule has 1 unspecified atom stereocenters. The van der Waals surface area contributed by atoms with E-state index in [9.17, 15) is 40.9 Å². The molecule has 200 valence electrons. The lowest BCUT2D eigenvalue weighted by atomic mass is 9.94. The zero-order valence-electron chi connectivity index (χ0n) is 18.1. The Morgan fingerprint density at radius 1 is 0.529 bits per heavy atom. The lowest BCUT2D eigenvalue weighted by molar-refractivity contribution is -0.348. The number of aliphatic hydroxyl groups is 8. The third kappa shape index (κ3) is 5.37. The largest absolute Gasteiger partial charge is 0.394 e. The molecular weight excluding hydrogens is 466 g/mol. The summed E-state index contributed by atoms with van der Waals surface area (Å²) in [5.74, 6) is 0.